The SMILES string of the molecule is COC(=O)CCCc1cc(C(=O)Cc2ccc3c(c2)CC(NC=O)C3)c[nH]1. The summed E-state index contributed by atoms with van der Waals surface area (Å²) < 4.78 is 4.63. The van der Waals surface area contributed by atoms with Gasteiger partial charge in [0.1, 0.15) is 0 Å². The third kappa shape index (κ3) is 4.84. The number of aromatic nitrogens is 1. The number of Topliss-reactive ketones (excluding diaryl/α,β-unsaturated/α-hetero) is 1. The van der Waals surface area contributed by atoms with Crippen LogP contribution in [0, 0.1) is 0 Å². The molecule has 142 valence electrons. The number of carbonyl (C=O) groups excluding carboxylic acids is 3. The van der Waals surface area contributed by atoms with Crippen LogP contribution in [0.15, 0.2) is 30.5 Å². The van der Waals surface area contributed by atoms with Crippen molar-refractivity contribution in [3.05, 3.63) is 58.4 Å². The molecule has 1 aliphatic rings. The van der Waals surface area contributed by atoms with E-state index in [0.717, 1.165) is 30.5 Å². The molecule has 1 aliphatic carbocycles. The van der Waals surface area contributed by atoms with Gasteiger partial charge in [-0.3, -0.25) is 14.4 Å². The Morgan fingerprint density at radius 1 is 1.26 bits per heavy atom. The van der Waals surface area contributed by atoms with E-state index in [9.17, 15) is 14.4 Å². The number of aryl methyl sites for hydroxylation is 1. The average Bonchev–Trinajstić information content (AvgIpc) is 3.28. The molecule has 1 unspecified atom stereocenters. The monoisotopic (exact) mass is 368 g/mol. The van der Waals surface area contributed by atoms with Crippen molar-refractivity contribution in [1.29, 1.82) is 0 Å². The number of amides is 1. The van der Waals surface area contributed by atoms with Gasteiger partial charge >= 0.3 is 5.97 Å². The number of ketones is 1. The van der Waals surface area contributed by atoms with Gasteiger partial charge in [0.25, 0.3) is 0 Å². The van der Waals surface area contributed by atoms with Gasteiger partial charge in [0.2, 0.25) is 6.41 Å². The van der Waals surface area contributed by atoms with E-state index >= 15 is 0 Å². The molecule has 0 spiro atoms. The minimum atomic E-state index is -0.222. The fraction of sp³-hybridized carbons (Fsp3) is 0.381. The number of rotatable bonds is 9. The molecule has 0 aliphatic heterocycles. The first-order chi connectivity index (χ1) is 13.1. The van der Waals surface area contributed by atoms with Crippen LogP contribution in [0.1, 0.15) is 45.6 Å². The normalized spacial score (nSPS) is 15.2. The van der Waals surface area contributed by atoms with Crippen LogP contribution in [0.25, 0.3) is 0 Å². The molecule has 27 heavy (non-hydrogen) atoms. The molecule has 1 aromatic carbocycles. The van der Waals surface area contributed by atoms with Gasteiger partial charge in [-0.25, -0.2) is 0 Å². The highest BCUT2D eigenvalue weighted by atomic mass is 16.5. The Labute approximate surface area is 158 Å². The van der Waals surface area contributed by atoms with Gasteiger partial charge in [0.05, 0.1) is 7.11 Å². The van der Waals surface area contributed by atoms with E-state index in [1.165, 1.54) is 18.2 Å². The number of H-pyrrole nitrogens is 1. The molecule has 0 saturated carbocycles. The summed E-state index contributed by atoms with van der Waals surface area (Å²) in [5, 5.41) is 2.83. The zero-order chi connectivity index (χ0) is 19.2. The second-order valence-corrected chi connectivity index (χ2v) is 6.94. The van der Waals surface area contributed by atoms with E-state index in [1.807, 2.05) is 12.1 Å². The second kappa shape index (κ2) is 8.66. The van der Waals surface area contributed by atoms with Crippen molar-refractivity contribution >= 4 is 18.2 Å². The Morgan fingerprint density at radius 2 is 2.07 bits per heavy atom. The third-order valence-corrected chi connectivity index (χ3v) is 4.99. The van der Waals surface area contributed by atoms with Gasteiger partial charge in [-0.2, -0.15) is 0 Å². The minimum Gasteiger partial charge on any atom is -0.469 e. The van der Waals surface area contributed by atoms with Crippen molar-refractivity contribution in [1.82, 2.24) is 10.3 Å². The highest BCUT2D eigenvalue weighted by molar-refractivity contribution is 5.97. The van der Waals surface area contributed by atoms with E-state index in [0.29, 0.717) is 31.2 Å². The largest absolute Gasteiger partial charge is 0.469 e. The quantitative estimate of drug-likeness (QED) is 0.403. The van der Waals surface area contributed by atoms with E-state index < -0.39 is 0 Å². The predicted molar refractivity (Wildman–Crippen MR) is 101 cm³/mol. The lowest BCUT2D eigenvalue weighted by Gasteiger charge is -2.05. The summed E-state index contributed by atoms with van der Waals surface area (Å²) in [6.07, 6.45) is 6.23. The number of hydrogen-bond acceptors (Lipinski definition) is 4. The number of methoxy groups -OCH3 is 1. The number of esters is 1. The number of aromatic amines is 1. The number of carbonyl (C=O) groups is 3. The van der Waals surface area contributed by atoms with Crippen molar-refractivity contribution in [3.63, 3.8) is 0 Å². The molecular formula is C21H24N2O4. The van der Waals surface area contributed by atoms with Crippen molar-refractivity contribution in [2.75, 3.05) is 7.11 Å². The molecule has 3 rings (SSSR count). The van der Waals surface area contributed by atoms with Crippen LogP contribution < -0.4 is 5.32 Å². The van der Waals surface area contributed by atoms with Crippen LogP contribution in [0.3, 0.4) is 0 Å². The Kier molecular flexibility index (Phi) is 6.06. The van der Waals surface area contributed by atoms with E-state index in [-0.39, 0.29) is 17.8 Å². The van der Waals surface area contributed by atoms with Gasteiger partial charge in [-0.05, 0) is 48.4 Å². The number of fused-ring (bicyclic) bond motifs is 1. The van der Waals surface area contributed by atoms with Crippen LogP contribution in [-0.2, 0) is 40.0 Å². The summed E-state index contributed by atoms with van der Waals surface area (Å²) in [7, 11) is 1.38. The van der Waals surface area contributed by atoms with Gasteiger partial charge in [-0.15, -0.1) is 0 Å². The minimum absolute atomic E-state index is 0.0611. The highest BCUT2D eigenvalue weighted by Crippen LogP contribution is 2.24. The maximum Gasteiger partial charge on any atom is 0.305 e. The molecule has 1 atom stereocenters. The van der Waals surface area contributed by atoms with E-state index in [4.69, 9.17) is 0 Å². The fourth-order valence-electron chi connectivity index (χ4n) is 3.56. The van der Waals surface area contributed by atoms with Gasteiger partial charge in [0, 0.05) is 36.3 Å². The van der Waals surface area contributed by atoms with Crippen LogP contribution in [0.4, 0.5) is 0 Å². The summed E-state index contributed by atoms with van der Waals surface area (Å²) in [4.78, 5) is 37.4. The molecule has 6 nitrogen and oxygen atoms in total. The summed E-state index contributed by atoms with van der Waals surface area (Å²) in [6, 6.07) is 8.13. The molecule has 6 heteroatoms. The maximum absolute atomic E-state index is 12.6. The Morgan fingerprint density at radius 3 is 2.85 bits per heavy atom. The molecule has 2 aromatic rings. The Hall–Kier alpha value is -2.89. The lowest BCUT2D eigenvalue weighted by atomic mass is 10.0. The zero-order valence-electron chi connectivity index (χ0n) is 15.4. The van der Waals surface area contributed by atoms with Crippen molar-refractivity contribution in [2.45, 2.75) is 44.6 Å². The fourth-order valence-corrected chi connectivity index (χ4v) is 3.56. The van der Waals surface area contributed by atoms with Gasteiger partial charge in [-0.1, -0.05) is 18.2 Å². The highest BCUT2D eigenvalue weighted by Gasteiger charge is 2.21. The van der Waals surface area contributed by atoms with Crippen molar-refractivity contribution in [2.24, 2.45) is 0 Å². The van der Waals surface area contributed by atoms with Crippen LogP contribution in [0.5, 0.6) is 0 Å². The Balaban J connectivity index is 1.56. The molecule has 2 N–H and O–H groups in total. The van der Waals surface area contributed by atoms with Crippen LogP contribution in [-0.4, -0.2) is 36.3 Å². The van der Waals surface area contributed by atoms with Crippen molar-refractivity contribution in [3.8, 4) is 0 Å². The number of benzene rings is 1. The van der Waals surface area contributed by atoms with E-state index in [1.54, 1.807) is 6.20 Å². The van der Waals surface area contributed by atoms with Crippen molar-refractivity contribution < 1.29 is 19.1 Å². The number of ether oxygens (including phenoxy) is 1. The summed E-state index contributed by atoms with van der Waals surface area (Å²) in [5.74, 6) is -0.161. The molecule has 0 bridgehead atoms. The standard InChI is InChI=1S/C21H24N2O4/c1-27-21(26)4-2-3-18-11-17(12-22-18)20(25)8-14-5-6-15-9-19(23-13-24)10-16(15)7-14/h5-7,11-13,19,22H,2-4,8-10H2,1H3,(H,23,24). The molecule has 1 aromatic heterocycles. The number of hydrogen-bond donors (Lipinski definition) is 2. The van der Waals surface area contributed by atoms with Crippen LogP contribution in [0.2, 0.25) is 0 Å². The average molecular weight is 368 g/mol. The summed E-state index contributed by atoms with van der Waals surface area (Å²) in [6.45, 7) is 0. The molecule has 1 amide bonds. The lowest BCUT2D eigenvalue weighted by molar-refractivity contribution is -0.140. The number of nitrogens with one attached hydrogen (secondary N) is 2. The maximum atomic E-state index is 12.6. The predicted octanol–water partition coefficient (Wildman–Crippen LogP) is 2.15. The molecule has 0 saturated heterocycles. The first-order valence-corrected chi connectivity index (χ1v) is 9.16. The first kappa shape index (κ1) is 18.9. The summed E-state index contributed by atoms with van der Waals surface area (Å²) >= 11 is 0. The topological polar surface area (TPSA) is 88.3 Å². The van der Waals surface area contributed by atoms with Crippen LogP contribution >= 0.6 is 0 Å². The molecule has 0 radical (unpaired) electrons. The molecule has 0 fully saturated rings. The first-order valence-electron chi connectivity index (χ1n) is 9.16. The molecular weight excluding hydrogens is 344 g/mol. The molecule has 1 heterocycles. The van der Waals surface area contributed by atoms with Gasteiger partial charge < -0.3 is 15.0 Å². The lowest BCUT2D eigenvalue weighted by Crippen LogP contribution is -2.27. The third-order valence-electron chi connectivity index (χ3n) is 4.99. The zero-order valence-corrected chi connectivity index (χ0v) is 15.4. The Bertz CT molecular complexity index is 840. The summed E-state index contributed by atoms with van der Waals surface area (Å²) in [5.41, 5.74) is 5.03. The van der Waals surface area contributed by atoms with Gasteiger partial charge in [0.15, 0.2) is 5.78 Å². The van der Waals surface area contributed by atoms with E-state index in [2.05, 4.69) is 27.2 Å². The smallest absolute Gasteiger partial charge is 0.305 e. The second-order valence-electron chi connectivity index (χ2n) is 6.94.